The number of halogens is 4. The van der Waals surface area contributed by atoms with Crippen LogP contribution in [0.4, 0.5) is 13.2 Å². The largest absolute Gasteiger partial charge is 0.432 e. The zero-order chi connectivity index (χ0) is 17.9. The number of allylic oxidation sites excluding steroid dienone is 2. The zero-order valence-electron chi connectivity index (χ0n) is 13.9. The molecule has 23 heavy (non-hydrogen) atoms. The molecule has 0 aromatic carbocycles. The van der Waals surface area contributed by atoms with E-state index in [1.807, 2.05) is 13.8 Å². The van der Waals surface area contributed by atoms with Gasteiger partial charge in [0.1, 0.15) is 11.5 Å². The maximum Gasteiger partial charge on any atom is 0.432 e. The molecule has 7 heteroatoms. The number of aliphatic imine (C=N–C) groups is 1. The van der Waals surface area contributed by atoms with Crippen LogP contribution >= 0.6 is 11.6 Å². The van der Waals surface area contributed by atoms with Crippen LogP contribution in [-0.2, 0) is 6.42 Å². The first-order valence-corrected chi connectivity index (χ1v) is 7.86. The predicted molar refractivity (Wildman–Crippen MR) is 88.9 cm³/mol. The second-order valence-corrected chi connectivity index (χ2v) is 5.23. The van der Waals surface area contributed by atoms with E-state index >= 15 is 0 Å². The molecule has 0 saturated heterocycles. The molecule has 130 valence electrons. The van der Waals surface area contributed by atoms with E-state index < -0.39 is 11.9 Å². The van der Waals surface area contributed by atoms with Crippen molar-refractivity contribution in [2.75, 3.05) is 0 Å². The van der Waals surface area contributed by atoms with Crippen molar-refractivity contribution in [3.8, 4) is 0 Å². The normalized spacial score (nSPS) is 12.7. The van der Waals surface area contributed by atoms with Gasteiger partial charge in [0.05, 0.1) is 5.02 Å². The van der Waals surface area contributed by atoms with Crippen molar-refractivity contribution in [3.05, 3.63) is 35.0 Å². The van der Waals surface area contributed by atoms with Gasteiger partial charge in [-0.2, -0.15) is 13.2 Å². The van der Waals surface area contributed by atoms with Crippen LogP contribution in [0, 0.1) is 0 Å². The summed E-state index contributed by atoms with van der Waals surface area (Å²) < 4.78 is 36.7. The van der Waals surface area contributed by atoms with Crippen molar-refractivity contribution in [3.63, 3.8) is 0 Å². The second-order valence-electron chi connectivity index (χ2n) is 4.79. The number of aromatic nitrogens is 2. The Morgan fingerprint density at radius 1 is 1.26 bits per heavy atom. The zero-order valence-corrected chi connectivity index (χ0v) is 14.7. The summed E-state index contributed by atoms with van der Waals surface area (Å²) in [7, 11) is 0. The predicted octanol–water partition coefficient (Wildman–Crippen LogP) is 5.80. The summed E-state index contributed by atoms with van der Waals surface area (Å²) in [6, 6.07) is 0. The molecule has 1 aromatic rings. The first kappa shape index (κ1) is 21.6. The minimum absolute atomic E-state index is 0.539. The van der Waals surface area contributed by atoms with E-state index in [2.05, 4.69) is 15.0 Å². The smallest absolute Gasteiger partial charge is 0.253 e. The molecule has 0 saturated carbocycles. The van der Waals surface area contributed by atoms with Crippen LogP contribution in [-0.4, -0.2) is 21.9 Å². The Morgan fingerprint density at radius 3 is 2.22 bits per heavy atom. The van der Waals surface area contributed by atoms with E-state index in [4.69, 9.17) is 11.6 Å². The number of hydrogen-bond acceptors (Lipinski definition) is 3. The molecule has 0 aliphatic rings. The van der Waals surface area contributed by atoms with Crippen LogP contribution in [0.3, 0.4) is 0 Å². The molecule has 0 atom stereocenters. The Kier molecular flexibility index (Phi) is 10.5. The van der Waals surface area contributed by atoms with Crippen molar-refractivity contribution >= 4 is 17.3 Å². The molecule has 1 rings (SSSR count). The molecule has 0 unspecified atom stereocenters. The van der Waals surface area contributed by atoms with E-state index in [9.17, 15) is 13.2 Å². The number of aryl methyl sites for hydroxylation is 1. The molecule has 1 heterocycles. The third-order valence-electron chi connectivity index (χ3n) is 2.76. The van der Waals surface area contributed by atoms with Crippen LogP contribution in [0.25, 0.3) is 0 Å². The highest BCUT2D eigenvalue weighted by Gasteiger charge is 2.32. The number of rotatable bonds is 5. The van der Waals surface area contributed by atoms with E-state index in [0.29, 0.717) is 17.2 Å². The molecule has 0 fully saturated rings. The number of unbranched alkanes of at least 4 members (excludes halogenated alkanes) is 1. The van der Waals surface area contributed by atoms with Crippen molar-refractivity contribution in [1.29, 1.82) is 0 Å². The molecule has 0 aliphatic carbocycles. The summed E-state index contributed by atoms with van der Waals surface area (Å²) in [6.07, 6.45) is 3.20. The Balaban J connectivity index is 0.000000459. The maximum atomic E-state index is 12.2. The number of alkyl halides is 3. The third kappa shape index (κ3) is 10.0. The standard InChI is InChI=1S/C10H16F3N.C6H7ClN2/c1-4-6-7-8(3)14-9(5-2)10(11,12)13;1-2-6-8-3-5(7)4-9-6/h5H,4,6-7H2,1-3H3;3-4H,2H2,1H3/b9-5-,14-8?;. The fourth-order valence-corrected chi connectivity index (χ4v) is 1.60. The highest BCUT2D eigenvalue weighted by atomic mass is 35.5. The summed E-state index contributed by atoms with van der Waals surface area (Å²) >= 11 is 5.54. The molecule has 0 amide bonds. The fraction of sp³-hybridized carbons (Fsp3) is 0.562. The van der Waals surface area contributed by atoms with Crippen molar-refractivity contribution in [1.82, 2.24) is 9.97 Å². The van der Waals surface area contributed by atoms with E-state index in [1.54, 1.807) is 19.3 Å². The third-order valence-corrected chi connectivity index (χ3v) is 2.95. The molecular formula is C16H23ClF3N3. The van der Waals surface area contributed by atoms with E-state index in [0.717, 1.165) is 31.2 Å². The van der Waals surface area contributed by atoms with Crippen LogP contribution in [0.2, 0.25) is 5.02 Å². The highest BCUT2D eigenvalue weighted by Crippen LogP contribution is 2.26. The van der Waals surface area contributed by atoms with Gasteiger partial charge in [0.25, 0.3) is 0 Å². The van der Waals surface area contributed by atoms with E-state index in [-0.39, 0.29) is 0 Å². The first-order valence-electron chi connectivity index (χ1n) is 7.48. The van der Waals surface area contributed by atoms with Gasteiger partial charge in [0.2, 0.25) is 0 Å². The van der Waals surface area contributed by atoms with Gasteiger partial charge in [-0.3, -0.25) is 4.99 Å². The Hall–Kier alpha value is -1.43. The minimum Gasteiger partial charge on any atom is -0.253 e. The number of hydrogen-bond donors (Lipinski definition) is 0. The van der Waals surface area contributed by atoms with Crippen LogP contribution in [0.1, 0.15) is 52.8 Å². The minimum atomic E-state index is -4.33. The monoisotopic (exact) mass is 349 g/mol. The summed E-state index contributed by atoms with van der Waals surface area (Å²) in [5.41, 5.74) is -0.261. The first-order chi connectivity index (χ1) is 10.7. The van der Waals surface area contributed by atoms with Gasteiger partial charge in [-0.25, -0.2) is 9.97 Å². The van der Waals surface area contributed by atoms with Crippen molar-refractivity contribution in [2.45, 2.75) is 59.6 Å². The summed E-state index contributed by atoms with van der Waals surface area (Å²) in [4.78, 5) is 11.5. The Bertz CT molecular complexity index is 508. The quantitative estimate of drug-likeness (QED) is 0.630. The Morgan fingerprint density at radius 2 is 1.83 bits per heavy atom. The lowest BCUT2D eigenvalue weighted by atomic mass is 10.2. The van der Waals surface area contributed by atoms with Crippen molar-refractivity contribution < 1.29 is 13.2 Å². The molecule has 0 radical (unpaired) electrons. The summed E-state index contributed by atoms with van der Waals surface area (Å²) in [6.45, 7) is 6.97. The molecule has 0 spiro atoms. The van der Waals surface area contributed by atoms with E-state index in [1.165, 1.54) is 6.92 Å². The molecular weight excluding hydrogens is 327 g/mol. The van der Waals surface area contributed by atoms with Crippen LogP contribution < -0.4 is 0 Å². The summed E-state index contributed by atoms with van der Waals surface area (Å²) in [5, 5.41) is 0.590. The van der Waals surface area contributed by atoms with Crippen molar-refractivity contribution in [2.24, 2.45) is 4.99 Å². The average molecular weight is 350 g/mol. The van der Waals surface area contributed by atoms with Gasteiger partial charge >= 0.3 is 6.18 Å². The molecule has 0 N–H and O–H groups in total. The van der Waals surface area contributed by atoms with Gasteiger partial charge in [0.15, 0.2) is 0 Å². The lowest BCUT2D eigenvalue weighted by Crippen LogP contribution is -2.11. The van der Waals surface area contributed by atoms with Gasteiger partial charge in [-0.1, -0.05) is 37.9 Å². The van der Waals surface area contributed by atoms with Crippen LogP contribution in [0.15, 0.2) is 29.2 Å². The SMILES string of the molecule is C/C=C(\N=C(C)CCCC)C(F)(F)F.CCc1ncc(Cl)cn1. The lowest BCUT2D eigenvalue weighted by molar-refractivity contribution is -0.0924. The van der Waals surface area contributed by atoms with Crippen LogP contribution in [0.5, 0.6) is 0 Å². The molecule has 0 aliphatic heterocycles. The molecule has 0 bridgehead atoms. The lowest BCUT2D eigenvalue weighted by Gasteiger charge is -2.07. The second kappa shape index (κ2) is 11.2. The van der Waals surface area contributed by atoms with Gasteiger partial charge in [-0.15, -0.1) is 0 Å². The van der Waals surface area contributed by atoms with Gasteiger partial charge < -0.3 is 0 Å². The number of nitrogens with zero attached hydrogens (tertiary/aromatic N) is 3. The van der Waals surface area contributed by atoms with Gasteiger partial charge in [-0.05, 0) is 26.7 Å². The highest BCUT2D eigenvalue weighted by molar-refractivity contribution is 6.30. The maximum absolute atomic E-state index is 12.2. The fourth-order valence-electron chi connectivity index (χ4n) is 1.51. The Labute approximate surface area is 140 Å². The van der Waals surface area contributed by atoms with Gasteiger partial charge in [0, 0.05) is 24.5 Å². The molecule has 1 aromatic heterocycles. The average Bonchev–Trinajstić information content (AvgIpc) is 2.50. The summed E-state index contributed by atoms with van der Waals surface area (Å²) in [5.74, 6) is 0.833. The molecule has 3 nitrogen and oxygen atoms in total. The topological polar surface area (TPSA) is 38.1 Å².